The molecule has 5 aromatic rings. The van der Waals surface area contributed by atoms with Crippen LogP contribution >= 0.6 is 0 Å². The number of aromatic amines is 1. The summed E-state index contributed by atoms with van der Waals surface area (Å²) in [5.74, 6) is -1.11. The van der Waals surface area contributed by atoms with Gasteiger partial charge in [0.25, 0.3) is 11.8 Å². The number of rotatable bonds is 6. The average Bonchev–Trinajstić information content (AvgIpc) is 3.67. The van der Waals surface area contributed by atoms with E-state index in [0.29, 0.717) is 17.8 Å². The zero-order valence-electron chi connectivity index (χ0n) is 19.2. The normalized spacial score (nSPS) is 14.4. The van der Waals surface area contributed by atoms with Crippen LogP contribution in [0.4, 0.5) is 0 Å². The molecule has 12 nitrogen and oxygen atoms in total. The highest BCUT2D eigenvalue weighted by Gasteiger charge is 2.26. The lowest BCUT2D eigenvalue weighted by molar-refractivity contribution is 0.0931. The van der Waals surface area contributed by atoms with E-state index in [1.807, 2.05) is 30.3 Å². The molecule has 1 aliphatic rings. The van der Waals surface area contributed by atoms with Crippen LogP contribution < -0.4 is 16.4 Å². The maximum atomic E-state index is 12.9. The number of nitrogens with one attached hydrogen (secondary N) is 3. The van der Waals surface area contributed by atoms with Crippen molar-refractivity contribution in [2.24, 2.45) is 0 Å². The molecule has 2 aromatic carbocycles. The zero-order chi connectivity index (χ0) is 25.4. The SMILES string of the molecule is O=C(NCc1ccc2ncoc2c1)c1cc(C(=O)N[C@H]2CCc3cc(-c4noc(=O)[nH]4)ccc32)ncn1. The standard InChI is InChI=1S/C25H19N7O5/c33-23(26-10-13-1-5-18-21(7-13)36-12-29-18)19-9-20(28-11-27-19)24(34)30-17-6-3-14-8-15(2-4-16(14)17)22-31-25(35)37-32-22/h1-2,4-5,7-9,11-12,17H,3,6,10H2,(H,26,33)(H,30,34)(H,31,32,35)/t17-/m0/s1. The molecule has 1 atom stereocenters. The van der Waals surface area contributed by atoms with Crippen molar-refractivity contribution in [3.8, 4) is 11.4 Å². The number of fused-ring (bicyclic) bond motifs is 2. The number of hydrogen-bond acceptors (Lipinski definition) is 9. The maximum absolute atomic E-state index is 12.9. The van der Waals surface area contributed by atoms with Crippen LogP contribution in [0.25, 0.3) is 22.5 Å². The molecule has 0 spiro atoms. The zero-order valence-corrected chi connectivity index (χ0v) is 19.2. The molecule has 0 bridgehead atoms. The summed E-state index contributed by atoms with van der Waals surface area (Å²) in [6.07, 6.45) is 4.00. The first-order chi connectivity index (χ1) is 18.0. The molecule has 3 N–H and O–H groups in total. The largest absolute Gasteiger partial charge is 0.443 e. The lowest BCUT2D eigenvalue weighted by atomic mass is 10.0. The number of aromatic nitrogens is 5. The number of oxazole rings is 1. The summed E-state index contributed by atoms with van der Waals surface area (Å²) in [4.78, 5) is 51.5. The Bertz CT molecular complexity index is 1700. The Morgan fingerprint density at radius 1 is 1.03 bits per heavy atom. The number of carbonyl (C=O) groups is 2. The van der Waals surface area contributed by atoms with Crippen LogP contribution in [0.2, 0.25) is 0 Å². The Kier molecular flexibility index (Phi) is 5.52. The third-order valence-electron chi connectivity index (χ3n) is 6.22. The molecule has 3 aromatic heterocycles. The molecular formula is C25H19N7O5. The van der Waals surface area contributed by atoms with Gasteiger partial charge in [0.1, 0.15) is 23.2 Å². The van der Waals surface area contributed by atoms with Crippen molar-refractivity contribution in [2.75, 3.05) is 0 Å². The third-order valence-corrected chi connectivity index (χ3v) is 6.22. The Balaban J connectivity index is 1.12. The van der Waals surface area contributed by atoms with Crippen LogP contribution in [-0.4, -0.2) is 36.9 Å². The number of carbonyl (C=O) groups excluding carboxylic acids is 2. The predicted molar refractivity (Wildman–Crippen MR) is 128 cm³/mol. The monoisotopic (exact) mass is 497 g/mol. The quantitative estimate of drug-likeness (QED) is 0.319. The van der Waals surface area contributed by atoms with Gasteiger partial charge in [-0.05, 0) is 47.7 Å². The van der Waals surface area contributed by atoms with E-state index in [-0.39, 0.29) is 24.0 Å². The predicted octanol–water partition coefficient (Wildman–Crippen LogP) is 2.31. The first kappa shape index (κ1) is 22.3. The van der Waals surface area contributed by atoms with Gasteiger partial charge in [0.2, 0.25) is 0 Å². The van der Waals surface area contributed by atoms with Gasteiger partial charge in [0.15, 0.2) is 17.8 Å². The van der Waals surface area contributed by atoms with Gasteiger partial charge in [0.05, 0.1) is 6.04 Å². The summed E-state index contributed by atoms with van der Waals surface area (Å²) in [7, 11) is 0. The van der Waals surface area contributed by atoms with Crippen LogP contribution in [0.5, 0.6) is 0 Å². The first-order valence-corrected chi connectivity index (χ1v) is 11.5. The van der Waals surface area contributed by atoms with Gasteiger partial charge >= 0.3 is 5.76 Å². The van der Waals surface area contributed by atoms with Gasteiger partial charge in [-0.2, -0.15) is 0 Å². The van der Waals surface area contributed by atoms with E-state index in [1.54, 1.807) is 6.07 Å². The Morgan fingerprint density at radius 2 is 1.89 bits per heavy atom. The molecule has 37 heavy (non-hydrogen) atoms. The maximum Gasteiger partial charge on any atom is 0.439 e. The molecule has 0 unspecified atom stereocenters. The molecule has 0 saturated carbocycles. The van der Waals surface area contributed by atoms with E-state index < -0.39 is 17.6 Å². The van der Waals surface area contributed by atoms with E-state index >= 15 is 0 Å². The summed E-state index contributed by atoms with van der Waals surface area (Å²) in [5, 5.41) is 9.49. The van der Waals surface area contributed by atoms with Crippen molar-refractivity contribution < 1.29 is 18.5 Å². The number of nitrogens with zero attached hydrogens (tertiary/aromatic N) is 4. The highest BCUT2D eigenvalue weighted by Crippen LogP contribution is 2.33. The molecule has 3 heterocycles. The minimum absolute atomic E-state index is 0.0824. The summed E-state index contributed by atoms with van der Waals surface area (Å²) < 4.78 is 9.86. The van der Waals surface area contributed by atoms with Crippen molar-refractivity contribution in [3.63, 3.8) is 0 Å². The van der Waals surface area contributed by atoms with E-state index in [0.717, 1.165) is 34.2 Å². The lowest BCUT2D eigenvalue weighted by Gasteiger charge is -2.14. The number of benzene rings is 2. The minimum Gasteiger partial charge on any atom is -0.443 e. The Hall–Kier alpha value is -5.13. The van der Waals surface area contributed by atoms with Crippen molar-refractivity contribution >= 4 is 22.9 Å². The van der Waals surface area contributed by atoms with Crippen molar-refractivity contribution in [1.29, 1.82) is 0 Å². The fourth-order valence-corrected chi connectivity index (χ4v) is 4.39. The van der Waals surface area contributed by atoms with Gasteiger partial charge < -0.3 is 15.1 Å². The van der Waals surface area contributed by atoms with Crippen LogP contribution in [-0.2, 0) is 13.0 Å². The van der Waals surface area contributed by atoms with E-state index in [9.17, 15) is 14.4 Å². The van der Waals surface area contributed by atoms with E-state index in [2.05, 4.69) is 40.2 Å². The molecule has 0 aliphatic heterocycles. The number of aryl methyl sites for hydroxylation is 1. The first-order valence-electron chi connectivity index (χ1n) is 11.5. The number of hydrogen-bond donors (Lipinski definition) is 3. The van der Waals surface area contributed by atoms with Crippen molar-refractivity contribution in [2.45, 2.75) is 25.4 Å². The second-order valence-corrected chi connectivity index (χ2v) is 8.55. The minimum atomic E-state index is -0.619. The molecule has 2 amide bonds. The van der Waals surface area contributed by atoms with E-state index in [1.165, 1.54) is 18.8 Å². The summed E-state index contributed by atoms with van der Waals surface area (Å²) >= 11 is 0. The van der Waals surface area contributed by atoms with Crippen LogP contribution in [0, 0.1) is 0 Å². The molecule has 12 heteroatoms. The second-order valence-electron chi connectivity index (χ2n) is 8.55. The number of H-pyrrole nitrogens is 1. The van der Waals surface area contributed by atoms with Crippen LogP contribution in [0.1, 0.15) is 50.1 Å². The lowest BCUT2D eigenvalue weighted by Crippen LogP contribution is -2.29. The highest BCUT2D eigenvalue weighted by molar-refractivity contribution is 5.97. The van der Waals surface area contributed by atoms with E-state index in [4.69, 9.17) is 4.42 Å². The molecule has 6 rings (SSSR count). The van der Waals surface area contributed by atoms with Gasteiger partial charge in [-0.15, -0.1) is 0 Å². The van der Waals surface area contributed by atoms with Gasteiger partial charge in [-0.3, -0.25) is 19.1 Å². The van der Waals surface area contributed by atoms with Crippen LogP contribution in [0.3, 0.4) is 0 Å². The van der Waals surface area contributed by atoms with Crippen molar-refractivity contribution in [3.05, 3.63) is 93.8 Å². The molecular weight excluding hydrogens is 478 g/mol. The van der Waals surface area contributed by atoms with Gasteiger partial charge in [0, 0.05) is 18.2 Å². The fourth-order valence-electron chi connectivity index (χ4n) is 4.39. The summed E-state index contributed by atoms with van der Waals surface area (Å²) in [6.45, 7) is 0.254. The molecule has 1 aliphatic carbocycles. The second kappa shape index (κ2) is 9.15. The topological polar surface area (TPSA) is 169 Å². The van der Waals surface area contributed by atoms with Crippen LogP contribution in [0.15, 0.2) is 68.9 Å². The molecule has 184 valence electrons. The molecule has 0 saturated heterocycles. The van der Waals surface area contributed by atoms with Gasteiger partial charge in [-0.1, -0.05) is 23.4 Å². The average molecular weight is 497 g/mol. The molecule has 0 radical (unpaired) electrons. The third kappa shape index (κ3) is 4.47. The fraction of sp³-hybridized carbons (Fsp3) is 0.160. The smallest absolute Gasteiger partial charge is 0.439 e. The summed E-state index contributed by atoms with van der Waals surface area (Å²) in [6, 6.07) is 12.2. The Labute approximate surface area is 208 Å². The van der Waals surface area contributed by atoms with Crippen molar-refractivity contribution in [1.82, 2.24) is 35.7 Å². The highest BCUT2D eigenvalue weighted by atomic mass is 16.5. The Morgan fingerprint density at radius 3 is 2.73 bits per heavy atom. The van der Waals surface area contributed by atoms with Gasteiger partial charge in [-0.25, -0.2) is 19.7 Å². The molecule has 0 fully saturated rings. The summed E-state index contributed by atoms with van der Waals surface area (Å²) in [5.41, 5.74) is 5.11. The number of amides is 2.